The van der Waals surface area contributed by atoms with Crippen molar-refractivity contribution >= 4 is 39.5 Å². The summed E-state index contributed by atoms with van der Waals surface area (Å²) in [5, 5.41) is 5.03. The molecule has 0 aliphatic heterocycles. The molecule has 0 radical (unpaired) electrons. The lowest BCUT2D eigenvalue weighted by Crippen LogP contribution is -2.07. The molecule has 3 heterocycles. The molecule has 0 aliphatic rings. The van der Waals surface area contributed by atoms with E-state index in [0.29, 0.717) is 5.02 Å². The molecule has 1 aromatic carbocycles. The quantitative estimate of drug-likeness (QED) is 0.471. The minimum absolute atomic E-state index is 0.676. The van der Waals surface area contributed by atoms with Crippen LogP contribution in [0.1, 0.15) is 13.3 Å². The normalized spacial score (nSPS) is 11.5. The molecular weight excluding hydrogens is 364 g/mol. The van der Waals surface area contributed by atoms with Gasteiger partial charge in [0.25, 0.3) is 0 Å². The van der Waals surface area contributed by atoms with Gasteiger partial charge in [-0.15, -0.1) is 0 Å². The smallest absolute Gasteiger partial charge is 0.145 e. The summed E-state index contributed by atoms with van der Waals surface area (Å²) < 4.78 is 7.38. The second kappa shape index (κ2) is 7.54. The van der Waals surface area contributed by atoms with Crippen LogP contribution in [0.5, 0.6) is 0 Å². The maximum Gasteiger partial charge on any atom is 0.145 e. The standard InChI is InChI=1S/C19H21ClN6O/c1-3-27-8-4-7-21-18-16-13(10-26(2)19(16)23-11-22-18)17-24-14-6-5-12(20)9-15(14)25-17/h5-6,9-11H,3-4,7-8H2,1-2H3,(H,24,25)(H,21,22,23). The summed E-state index contributed by atoms with van der Waals surface area (Å²) in [4.78, 5) is 17.0. The summed E-state index contributed by atoms with van der Waals surface area (Å²) in [7, 11) is 1.97. The number of imidazole rings is 1. The number of rotatable bonds is 7. The predicted molar refractivity (Wildman–Crippen MR) is 108 cm³/mol. The first kappa shape index (κ1) is 17.8. The lowest BCUT2D eigenvalue weighted by Gasteiger charge is -2.07. The van der Waals surface area contributed by atoms with E-state index < -0.39 is 0 Å². The fourth-order valence-corrected chi connectivity index (χ4v) is 3.33. The second-order valence-corrected chi connectivity index (χ2v) is 6.74. The van der Waals surface area contributed by atoms with Crippen LogP contribution in [0.3, 0.4) is 0 Å². The molecule has 0 saturated carbocycles. The minimum Gasteiger partial charge on any atom is -0.382 e. The number of anilines is 1. The van der Waals surface area contributed by atoms with Gasteiger partial charge < -0.3 is 19.6 Å². The molecule has 0 aliphatic carbocycles. The third-order valence-corrected chi connectivity index (χ3v) is 4.65. The van der Waals surface area contributed by atoms with Gasteiger partial charge in [0.2, 0.25) is 0 Å². The average molecular weight is 385 g/mol. The van der Waals surface area contributed by atoms with Gasteiger partial charge >= 0.3 is 0 Å². The largest absolute Gasteiger partial charge is 0.382 e. The molecule has 7 nitrogen and oxygen atoms in total. The molecule has 0 spiro atoms. The molecule has 0 saturated heterocycles. The van der Waals surface area contributed by atoms with E-state index in [1.807, 2.05) is 42.9 Å². The summed E-state index contributed by atoms with van der Waals surface area (Å²) in [6.07, 6.45) is 4.50. The Balaban J connectivity index is 1.73. The van der Waals surface area contributed by atoms with Crippen molar-refractivity contribution in [3.8, 4) is 11.4 Å². The zero-order valence-corrected chi connectivity index (χ0v) is 16.0. The minimum atomic E-state index is 0.676. The van der Waals surface area contributed by atoms with Crippen LogP contribution in [0.15, 0.2) is 30.7 Å². The monoisotopic (exact) mass is 384 g/mol. The van der Waals surface area contributed by atoms with Crippen LogP contribution in [-0.2, 0) is 11.8 Å². The number of aryl methyl sites for hydroxylation is 1. The van der Waals surface area contributed by atoms with Crippen molar-refractivity contribution in [3.05, 3.63) is 35.7 Å². The SMILES string of the molecule is CCOCCCNc1ncnc2c1c(-c1nc3ccc(Cl)cc3[nH]1)cn2C. The number of nitrogens with one attached hydrogen (secondary N) is 2. The van der Waals surface area contributed by atoms with Gasteiger partial charge in [0.1, 0.15) is 23.6 Å². The summed E-state index contributed by atoms with van der Waals surface area (Å²) >= 11 is 6.10. The second-order valence-electron chi connectivity index (χ2n) is 6.30. The Morgan fingerprint density at radius 3 is 3.04 bits per heavy atom. The molecule has 140 valence electrons. The van der Waals surface area contributed by atoms with E-state index in [0.717, 1.165) is 65.5 Å². The van der Waals surface area contributed by atoms with Crippen molar-refractivity contribution in [2.45, 2.75) is 13.3 Å². The number of aromatic amines is 1. The van der Waals surface area contributed by atoms with E-state index in [1.54, 1.807) is 6.33 Å². The van der Waals surface area contributed by atoms with Gasteiger partial charge in [-0.1, -0.05) is 11.6 Å². The molecule has 3 aromatic heterocycles. The molecule has 0 bridgehead atoms. The lowest BCUT2D eigenvalue weighted by molar-refractivity contribution is 0.147. The number of benzene rings is 1. The van der Waals surface area contributed by atoms with Crippen LogP contribution in [0, 0.1) is 0 Å². The third-order valence-electron chi connectivity index (χ3n) is 4.41. The number of H-pyrrole nitrogens is 1. The zero-order valence-electron chi connectivity index (χ0n) is 15.3. The highest BCUT2D eigenvalue weighted by atomic mass is 35.5. The fraction of sp³-hybridized carbons (Fsp3) is 0.316. The molecule has 27 heavy (non-hydrogen) atoms. The number of ether oxygens (including phenoxy) is 1. The maximum absolute atomic E-state index is 6.10. The van der Waals surface area contributed by atoms with Crippen LogP contribution in [0.2, 0.25) is 5.02 Å². The van der Waals surface area contributed by atoms with Crippen LogP contribution in [-0.4, -0.2) is 44.3 Å². The van der Waals surface area contributed by atoms with Crippen LogP contribution in [0.4, 0.5) is 5.82 Å². The number of hydrogen-bond donors (Lipinski definition) is 2. The molecule has 4 rings (SSSR count). The molecule has 0 unspecified atom stereocenters. The van der Waals surface area contributed by atoms with Crippen molar-refractivity contribution < 1.29 is 4.74 Å². The van der Waals surface area contributed by atoms with Crippen molar-refractivity contribution in [1.29, 1.82) is 0 Å². The number of hydrogen-bond acceptors (Lipinski definition) is 5. The van der Waals surface area contributed by atoms with E-state index in [-0.39, 0.29) is 0 Å². The highest BCUT2D eigenvalue weighted by molar-refractivity contribution is 6.31. The van der Waals surface area contributed by atoms with Crippen molar-refractivity contribution in [1.82, 2.24) is 24.5 Å². The Bertz CT molecular complexity index is 1090. The van der Waals surface area contributed by atoms with Crippen LogP contribution < -0.4 is 5.32 Å². The highest BCUT2D eigenvalue weighted by Crippen LogP contribution is 2.33. The van der Waals surface area contributed by atoms with Crippen LogP contribution >= 0.6 is 11.6 Å². The van der Waals surface area contributed by atoms with E-state index in [1.165, 1.54) is 0 Å². The van der Waals surface area contributed by atoms with Crippen LogP contribution in [0.25, 0.3) is 33.5 Å². The maximum atomic E-state index is 6.10. The van der Waals surface area contributed by atoms with Gasteiger partial charge in [-0.2, -0.15) is 0 Å². The molecule has 0 atom stereocenters. The highest BCUT2D eigenvalue weighted by Gasteiger charge is 2.17. The Morgan fingerprint density at radius 1 is 1.30 bits per heavy atom. The summed E-state index contributed by atoms with van der Waals surface area (Å²) in [5.74, 6) is 1.57. The fourth-order valence-electron chi connectivity index (χ4n) is 3.16. The van der Waals surface area contributed by atoms with E-state index in [9.17, 15) is 0 Å². The number of nitrogens with zero attached hydrogens (tertiary/aromatic N) is 4. The Hall–Kier alpha value is -2.64. The van der Waals surface area contributed by atoms with Gasteiger partial charge in [-0.05, 0) is 31.5 Å². The van der Waals surface area contributed by atoms with Crippen molar-refractivity contribution in [3.63, 3.8) is 0 Å². The van der Waals surface area contributed by atoms with Gasteiger partial charge in [-0.25, -0.2) is 15.0 Å². The van der Waals surface area contributed by atoms with Crippen molar-refractivity contribution in [2.24, 2.45) is 7.05 Å². The molecule has 8 heteroatoms. The molecule has 0 fully saturated rings. The number of aromatic nitrogens is 5. The lowest BCUT2D eigenvalue weighted by atomic mass is 10.2. The van der Waals surface area contributed by atoms with Gasteiger partial charge in [0.05, 0.1) is 16.4 Å². The van der Waals surface area contributed by atoms with Crippen molar-refractivity contribution in [2.75, 3.05) is 25.1 Å². The first-order valence-corrected chi connectivity index (χ1v) is 9.32. The predicted octanol–water partition coefficient (Wildman–Crippen LogP) is 4.00. The number of fused-ring (bicyclic) bond motifs is 2. The average Bonchev–Trinajstić information content (AvgIpc) is 3.23. The Morgan fingerprint density at radius 2 is 2.19 bits per heavy atom. The first-order chi connectivity index (χ1) is 13.2. The van der Waals surface area contributed by atoms with E-state index in [2.05, 4.69) is 20.3 Å². The summed E-state index contributed by atoms with van der Waals surface area (Å²) in [5.41, 5.74) is 3.57. The molecule has 0 amide bonds. The number of halogens is 1. The molecule has 2 N–H and O–H groups in total. The summed E-state index contributed by atoms with van der Waals surface area (Å²) in [6.45, 7) is 4.23. The van der Waals surface area contributed by atoms with Gasteiger partial charge in [0, 0.05) is 43.6 Å². The topological polar surface area (TPSA) is 80.7 Å². The zero-order chi connectivity index (χ0) is 18.8. The van der Waals surface area contributed by atoms with E-state index in [4.69, 9.17) is 21.3 Å². The Kier molecular flexibility index (Phi) is 4.96. The first-order valence-electron chi connectivity index (χ1n) is 8.94. The van der Waals surface area contributed by atoms with Gasteiger partial charge in [0.15, 0.2) is 0 Å². The molecular formula is C19H21ClN6O. The van der Waals surface area contributed by atoms with Gasteiger partial charge in [-0.3, -0.25) is 0 Å². The third kappa shape index (κ3) is 3.48. The van der Waals surface area contributed by atoms with E-state index >= 15 is 0 Å². The summed E-state index contributed by atoms with van der Waals surface area (Å²) in [6, 6.07) is 5.63. The Labute approximate surface area is 161 Å². The molecule has 4 aromatic rings.